The molecule has 0 aliphatic carbocycles. The summed E-state index contributed by atoms with van der Waals surface area (Å²) in [7, 11) is 2.38. The Morgan fingerprint density at radius 3 is 2.25 bits per heavy atom. The fourth-order valence-corrected chi connectivity index (χ4v) is 3.43. The zero-order chi connectivity index (χ0) is 15.3. The average molecular weight is 307 g/mol. The molecule has 0 unspecified atom stereocenters. The van der Waals surface area contributed by atoms with E-state index in [1.165, 1.54) is 0 Å². The van der Waals surface area contributed by atoms with Crippen LogP contribution in [-0.4, -0.2) is 55.8 Å². The van der Waals surface area contributed by atoms with Crippen molar-refractivity contribution in [1.82, 2.24) is 5.32 Å². The standard InChI is InChI=1S/C13H29NO5Si/c1-5-6-11-19-13(15)8-10-14-9-7-12-20(16-2,17-3)18-4/h14H,5-12H2,1-4H3. The van der Waals surface area contributed by atoms with Gasteiger partial charge in [-0.15, -0.1) is 0 Å². The van der Waals surface area contributed by atoms with Crippen LogP contribution in [0.15, 0.2) is 0 Å². The summed E-state index contributed by atoms with van der Waals surface area (Å²) in [5.41, 5.74) is 0. The van der Waals surface area contributed by atoms with E-state index >= 15 is 0 Å². The van der Waals surface area contributed by atoms with Gasteiger partial charge in [-0.05, 0) is 19.4 Å². The zero-order valence-corrected chi connectivity index (χ0v) is 14.2. The van der Waals surface area contributed by atoms with Crippen molar-refractivity contribution in [2.75, 3.05) is 41.0 Å². The highest BCUT2D eigenvalue weighted by molar-refractivity contribution is 6.60. The summed E-state index contributed by atoms with van der Waals surface area (Å²) in [6.45, 7) is 4.03. The Morgan fingerprint density at radius 1 is 1.05 bits per heavy atom. The Hall–Kier alpha value is -0.473. The third kappa shape index (κ3) is 8.65. The van der Waals surface area contributed by atoms with Crippen LogP contribution in [0, 0.1) is 0 Å². The monoisotopic (exact) mass is 307 g/mol. The first kappa shape index (κ1) is 19.5. The predicted molar refractivity (Wildman–Crippen MR) is 79.6 cm³/mol. The summed E-state index contributed by atoms with van der Waals surface area (Å²) in [6.07, 6.45) is 3.25. The van der Waals surface area contributed by atoms with E-state index < -0.39 is 8.80 Å². The fraction of sp³-hybridized carbons (Fsp3) is 0.923. The van der Waals surface area contributed by atoms with Gasteiger partial charge >= 0.3 is 14.8 Å². The van der Waals surface area contributed by atoms with Crippen molar-refractivity contribution < 1.29 is 22.8 Å². The lowest BCUT2D eigenvalue weighted by atomic mass is 10.3. The number of carbonyl (C=O) groups excluding carboxylic acids is 1. The Balaban J connectivity index is 3.55. The number of unbranched alkanes of at least 4 members (excludes halogenated alkanes) is 1. The average Bonchev–Trinajstić information content (AvgIpc) is 2.47. The molecule has 0 saturated heterocycles. The summed E-state index contributed by atoms with van der Waals surface area (Å²) in [4.78, 5) is 11.3. The second kappa shape index (κ2) is 12.3. The number of hydrogen-bond acceptors (Lipinski definition) is 6. The summed E-state index contributed by atoms with van der Waals surface area (Å²) >= 11 is 0. The third-order valence-electron chi connectivity index (χ3n) is 3.04. The highest BCUT2D eigenvalue weighted by atomic mass is 28.4. The van der Waals surface area contributed by atoms with E-state index in [0.717, 1.165) is 31.9 Å². The smallest absolute Gasteiger partial charge is 0.466 e. The van der Waals surface area contributed by atoms with Crippen LogP contribution >= 0.6 is 0 Å². The van der Waals surface area contributed by atoms with Gasteiger partial charge in [0.2, 0.25) is 0 Å². The number of rotatable bonds is 13. The minimum Gasteiger partial charge on any atom is -0.466 e. The zero-order valence-electron chi connectivity index (χ0n) is 13.2. The van der Waals surface area contributed by atoms with E-state index in [-0.39, 0.29) is 5.97 Å². The van der Waals surface area contributed by atoms with Crippen molar-refractivity contribution >= 4 is 14.8 Å². The Kier molecular flexibility index (Phi) is 12.0. The molecule has 0 atom stereocenters. The number of carbonyl (C=O) groups is 1. The van der Waals surface area contributed by atoms with E-state index in [1.54, 1.807) is 21.3 Å². The SMILES string of the molecule is CCCCOC(=O)CCNCCC[Si](OC)(OC)OC. The maximum atomic E-state index is 11.3. The van der Waals surface area contributed by atoms with Gasteiger partial charge in [-0.1, -0.05) is 13.3 Å². The van der Waals surface area contributed by atoms with Gasteiger partial charge in [-0.3, -0.25) is 4.79 Å². The first-order valence-corrected chi connectivity index (χ1v) is 9.09. The molecule has 0 aliphatic heterocycles. The minimum atomic E-state index is -2.45. The molecule has 6 nitrogen and oxygen atoms in total. The summed E-state index contributed by atoms with van der Waals surface area (Å²) < 4.78 is 21.0. The first-order valence-electron chi connectivity index (χ1n) is 7.16. The maximum absolute atomic E-state index is 11.3. The summed E-state index contributed by atoms with van der Waals surface area (Å²) in [5.74, 6) is -0.139. The van der Waals surface area contributed by atoms with E-state index in [1.807, 2.05) is 0 Å². The Bertz CT molecular complexity index is 241. The summed E-state index contributed by atoms with van der Waals surface area (Å²) in [6, 6.07) is 0.754. The second-order valence-electron chi connectivity index (χ2n) is 4.47. The fourth-order valence-electron chi connectivity index (χ4n) is 1.70. The number of hydrogen-bond donors (Lipinski definition) is 1. The van der Waals surface area contributed by atoms with Crippen LogP contribution in [0.25, 0.3) is 0 Å². The maximum Gasteiger partial charge on any atom is 0.500 e. The van der Waals surface area contributed by atoms with Crippen LogP contribution in [0.1, 0.15) is 32.6 Å². The molecule has 0 aromatic heterocycles. The first-order chi connectivity index (χ1) is 9.64. The largest absolute Gasteiger partial charge is 0.500 e. The Morgan fingerprint density at radius 2 is 1.70 bits per heavy atom. The summed E-state index contributed by atoms with van der Waals surface area (Å²) in [5, 5.41) is 3.21. The molecule has 0 aromatic rings. The van der Waals surface area contributed by atoms with Crippen molar-refractivity contribution in [1.29, 1.82) is 0 Å². The van der Waals surface area contributed by atoms with E-state index in [2.05, 4.69) is 12.2 Å². The molecule has 0 heterocycles. The van der Waals surface area contributed by atoms with E-state index in [4.69, 9.17) is 18.0 Å². The molecular formula is C13H29NO5Si. The molecule has 0 radical (unpaired) electrons. The highest BCUT2D eigenvalue weighted by Gasteiger charge is 2.36. The lowest BCUT2D eigenvalue weighted by molar-refractivity contribution is -0.143. The van der Waals surface area contributed by atoms with Gasteiger partial charge in [0, 0.05) is 33.9 Å². The highest BCUT2D eigenvalue weighted by Crippen LogP contribution is 2.14. The predicted octanol–water partition coefficient (Wildman–Crippen LogP) is 1.58. The Labute approximate surface area is 123 Å². The van der Waals surface area contributed by atoms with Crippen molar-refractivity contribution in [2.45, 2.75) is 38.7 Å². The van der Waals surface area contributed by atoms with Crippen molar-refractivity contribution in [3.63, 3.8) is 0 Å². The lowest BCUT2D eigenvalue weighted by Gasteiger charge is -2.24. The second-order valence-corrected chi connectivity index (χ2v) is 7.56. The van der Waals surface area contributed by atoms with Gasteiger partial charge in [0.25, 0.3) is 0 Å². The van der Waals surface area contributed by atoms with Gasteiger partial charge in [-0.2, -0.15) is 0 Å². The molecule has 0 amide bonds. The molecule has 0 rings (SSSR count). The minimum absolute atomic E-state index is 0.139. The molecule has 0 saturated carbocycles. The van der Waals surface area contributed by atoms with E-state index in [9.17, 15) is 4.79 Å². The lowest BCUT2D eigenvalue weighted by Crippen LogP contribution is -2.43. The van der Waals surface area contributed by atoms with Gasteiger partial charge in [0.1, 0.15) is 0 Å². The van der Waals surface area contributed by atoms with Crippen LogP contribution < -0.4 is 5.32 Å². The quantitative estimate of drug-likeness (QED) is 0.316. The third-order valence-corrected chi connectivity index (χ3v) is 5.87. The van der Waals surface area contributed by atoms with Crippen LogP contribution in [0.5, 0.6) is 0 Å². The van der Waals surface area contributed by atoms with Crippen molar-refractivity contribution in [2.24, 2.45) is 0 Å². The number of nitrogens with one attached hydrogen (secondary N) is 1. The van der Waals surface area contributed by atoms with Crippen LogP contribution in [-0.2, 0) is 22.8 Å². The van der Waals surface area contributed by atoms with Crippen molar-refractivity contribution in [3.05, 3.63) is 0 Å². The topological polar surface area (TPSA) is 66.0 Å². The van der Waals surface area contributed by atoms with Gasteiger partial charge < -0.3 is 23.3 Å². The molecule has 0 spiro atoms. The number of ether oxygens (including phenoxy) is 1. The molecule has 1 N–H and O–H groups in total. The molecule has 0 bridgehead atoms. The molecule has 7 heteroatoms. The molecule has 0 aromatic carbocycles. The van der Waals surface area contributed by atoms with Gasteiger partial charge in [0.05, 0.1) is 13.0 Å². The molecule has 20 heavy (non-hydrogen) atoms. The van der Waals surface area contributed by atoms with Crippen LogP contribution in [0.2, 0.25) is 6.04 Å². The van der Waals surface area contributed by atoms with E-state index in [0.29, 0.717) is 19.6 Å². The molecular weight excluding hydrogens is 278 g/mol. The number of esters is 1. The van der Waals surface area contributed by atoms with Crippen molar-refractivity contribution in [3.8, 4) is 0 Å². The van der Waals surface area contributed by atoms with Gasteiger partial charge in [0.15, 0.2) is 0 Å². The molecule has 0 fully saturated rings. The van der Waals surface area contributed by atoms with Crippen LogP contribution in [0.4, 0.5) is 0 Å². The molecule has 0 aliphatic rings. The van der Waals surface area contributed by atoms with Crippen LogP contribution in [0.3, 0.4) is 0 Å². The normalized spacial score (nSPS) is 11.6. The van der Waals surface area contributed by atoms with Gasteiger partial charge in [-0.25, -0.2) is 0 Å². The molecule has 120 valence electrons.